The first kappa shape index (κ1) is 29.2. The summed E-state index contributed by atoms with van der Waals surface area (Å²) in [4.78, 5) is 13.9. The molecule has 10 heteroatoms. The second-order valence-corrected chi connectivity index (χ2v) is 11.9. The lowest BCUT2D eigenvalue weighted by atomic mass is 9.84. The predicted molar refractivity (Wildman–Crippen MR) is 161 cm³/mol. The minimum absolute atomic E-state index is 0.0436. The number of pyridine rings is 1. The smallest absolute Gasteiger partial charge is 0.317 e. The molecule has 6 rings (SSSR count). The number of aryl methyl sites for hydroxylation is 1. The van der Waals surface area contributed by atoms with Crippen molar-refractivity contribution < 1.29 is 23.7 Å². The lowest BCUT2D eigenvalue weighted by Crippen LogP contribution is -2.47. The number of aromatic nitrogens is 3. The summed E-state index contributed by atoms with van der Waals surface area (Å²) < 4.78 is 38.0. The number of hydrogen-bond acceptors (Lipinski definition) is 8. The van der Waals surface area contributed by atoms with Gasteiger partial charge in [0.15, 0.2) is 5.82 Å². The van der Waals surface area contributed by atoms with Crippen molar-refractivity contribution in [2.75, 3.05) is 19.7 Å². The fraction of sp³-hybridized carbons (Fsp3) is 0.424. The van der Waals surface area contributed by atoms with E-state index in [-0.39, 0.29) is 51.6 Å². The van der Waals surface area contributed by atoms with Gasteiger partial charge in [-0.15, -0.1) is 0 Å². The lowest BCUT2D eigenvalue weighted by Gasteiger charge is -2.38. The third kappa shape index (κ3) is 5.16. The number of aliphatic hydroxyl groups is 1. The van der Waals surface area contributed by atoms with Crippen molar-refractivity contribution >= 4 is 21.7 Å². The van der Waals surface area contributed by atoms with Crippen molar-refractivity contribution in [2.24, 2.45) is 11.1 Å². The first-order chi connectivity index (χ1) is 20.6. The van der Waals surface area contributed by atoms with Crippen LogP contribution in [-0.2, 0) is 6.42 Å². The average molecular weight is 588 g/mol. The van der Waals surface area contributed by atoms with E-state index in [0.717, 1.165) is 19.3 Å². The SMILES string of the molecule is CC#Cc1nc(-c2cc(O)cc3ccc(F)c(CC)c23)c(F)c2nc(OCC3(CN)CC3)nc(C3NCCCC3(C)O)c12. The van der Waals surface area contributed by atoms with Gasteiger partial charge in [0.1, 0.15) is 28.5 Å². The molecule has 1 saturated carbocycles. The fourth-order valence-electron chi connectivity index (χ4n) is 6.12. The molecule has 43 heavy (non-hydrogen) atoms. The number of fused-ring (bicyclic) bond motifs is 2. The van der Waals surface area contributed by atoms with Gasteiger partial charge >= 0.3 is 6.01 Å². The van der Waals surface area contributed by atoms with Crippen molar-refractivity contribution in [1.29, 1.82) is 0 Å². The molecule has 2 aliphatic rings. The molecule has 5 N–H and O–H groups in total. The third-order valence-corrected chi connectivity index (χ3v) is 8.80. The molecule has 0 amide bonds. The van der Waals surface area contributed by atoms with Crippen LogP contribution >= 0.6 is 0 Å². The van der Waals surface area contributed by atoms with E-state index in [2.05, 4.69) is 27.1 Å². The summed E-state index contributed by atoms with van der Waals surface area (Å²) in [6, 6.07) is 5.06. The van der Waals surface area contributed by atoms with Crippen LogP contribution in [0, 0.1) is 28.9 Å². The van der Waals surface area contributed by atoms with Crippen LogP contribution in [0.2, 0.25) is 0 Å². The summed E-state index contributed by atoms with van der Waals surface area (Å²) in [6.07, 6.45) is 3.44. The van der Waals surface area contributed by atoms with E-state index in [1.165, 1.54) is 18.2 Å². The predicted octanol–water partition coefficient (Wildman–Crippen LogP) is 5.06. The number of aromatic hydroxyl groups is 1. The van der Waals surface area contributed by atoms with Crippen LogP contribution in [0.15, 0.2) is 24.3 Å². The van der Waals surface area contributed by atoms with E-state index in [0.29, 0.717) is 48.0 Å². The van der Waals surface area contributed by atoms with Gasteiger partial charge in [0.2, 0.25) is 0 Å². The number of nitrogens with one attached hydrogen (secondary N) is 1. The molecule has 1 saturated heterocycles. The van der Waals surface area contributed by atoms with E-state index >= 15 is 4.39 Å². The molecule has 1 aliphatic heterocycles. The maximum Gasteiger partial charge on any atom is 0.317 e. The Kier molecular flexibility index (Phi) is 7.45. The Hall–Kier alpha value is -3.91. The number of benzene rings is 2. The molecule has 0 bridgehead atoms. The summed E-state index contributed by atoms with van der Waals surface area (Å²) in [6.45, 7) is 6.52. The van der Waals surface area contributed by atoms with Crippen LogP contribution in [0.25, 0.3) is 32.9 Å². The average Bonchev–Trinajstić information content (AvgIpc) is 3.77. The first-order valence-electron chi connectivity index (χ1n) is 14.7. The maximum atomic E-state index is 16.9. The monoisotopic (exact) mass is 587 g/mol. The lowest BCUT2D eigenvalue weighted by molar-refractivity contribution is -0.00836. The van der Waals surface area contributed by atoms with Gasteiger partial charge in [0.05, 0.1) is 29.3 Å². The number of nitrogens with zero attached hydrogens (tertiary/aromatic N) is 3. The van der Waals surface area contributed by atoms with E-state index < -0.39 is 23.3 Å². The number of phenols is 1. The highest BCUT2D eigenvalue weighted by Gasteiger charge is 2.43. The first-order valence-corrected chi connectivity index (χ1v) is 14.7. The van der Waals surface area contributed by atoms with Crippen LogP contribution in [0.3, 0.4) is 0 Å². The molecule has 2 aromatic carbocycles. The van der Waals surface area contributed by atoms with Gasteiger partial charge in [0, 0.05) is 17.5 Å². The zero-order valence-corrected chi connectivity index (χ0v) is 24.5. The van der Waals surface area contributed by atoms with Gasteiger partial charge < -0.3 is 26.0 Å². The molecule has 2 atom stereocenters. The number of ether oxygens (including phenoxy) is 1. The highest BCUT2D eigenvalue weighted by Crippen LogP contribution is 2.45. The second kappa shape index (κ2) is 11.0. The van der Waals surface area contributed by atoms with E-state index in [1.807, 2.05) is 6.92 Å². The van der Waals surface area contributed by atoms with Crippen molar-refractivity contribution in [3.63, 3.8) is 0 Å². The zero-order chi connectivity index (χ0) is 30.5. The van der Waals surface area contributed by atoms with Gasteiger partial charge in [-0.1, -0.05) is 18.9 Å². The number of rotatable bonds is 7. The zero-order valence-electron chi connectivity index (χ0n) is 24.5. The Bertz CT molecular complexity index is 1810. The largest absolute Gasteiger partial charge is 0.508 e. The van der Waals surface area contributed by atoms with Crippen LogP contribution in [-0.4, -0.2) is 50.5 Å². The van der Waals surface area contributed by atoms with E-state index in [9.17, 15) is 14.6 Å². The molecule has 0 radical (unpaired) electrons. The number of piperidine rings is 1. The Morgan fingerprint density at radius 1 is 1.14 bits per heavy atom. The van der Waals surface area contributed by atoms with Gasteiger partial charge in [-0.05, 0) is 93.0 Å². The highest BCUT2D eigenvalue weighted by molar-refractivity contribution is 6.01. The molecule has 2 fully saturated rings. The molecule has 224 valence electrons. The highest BCUT2D eigenvalue weighted by atomic mass is 19.1. The molecule has 8 nitrogen and oxygen atoms in total. The minimum Gasteiger partial charge on any atom is -0.508 e. The molecule has 2 unspecified atom stereocenters. The molecule has 2 aromatic heterocycles. The molecular formula is C33H35F2N5O3. The van der Waals surface area contributed by atoms with E-state index in [4.69, 9.17) is 15.5 Å². The quantitative estimate of drug-likeness (QED) is 0.221. The summed E-state index contributed by atoms with van der Waals surface area (Å²) in [5.74, 6) is 4.49. The van der Waals surface area contributed by atoms with Gasteiger partial charge in [-0.3, -0.25) is 0 Å². The second-order valence-electron chi connectivity index (χ2n) is 11.9. The Balaban J connectivity index is 1.67. The van der Waals surface area contributed by atoms with Crippen LogP contribution < -0.4 is 15.8 Å². The van der Waals surface area contributed by atoms with Crippen LogP contribution in [0.5, 0.6) is 11.8 Å². The van der Waals surface area contributed by atoms with Crippen LogP contribution in [0.1, 0.15) is 69.4 Å². The molecular weight excluding hydrogens is 552 g/mol. The summed E-state index contributed by atoms with van der Waals surface area (Å²) in [7, 11) is 0. The van der Waals surface area contributed by atoms with Crippen molar-refractivity contribution in [1.82, 2.24) is 20.3 Å². The molecule has 4 aromatic rings. The normalized spacial score (nSPS) is 21.0. The Morgan fingerprint density at radius 3 is 2.60 bits per heavy atom. The van der Waals surface area contributed by atoms with Crippen molar-refractivity contribution in [3.8, 4) is 34.9 Å². The standard InChI is InChI=1S/C33H35F2N5O3/c1-4-7-23-25-28(26(35)27(38-23)21-15-19(41)14-18-8-9-22(34)20(5-2)24(18)21)39-31(43-17-33(16-36)11-12-33)40-29(25)30-32(3,42)10-6-13-37-30/h8-9,14-15,30,37,41-42H,5-6,10-13,16-17,36H2,1-3H3. The molecule has 3 heterocycles. The topological polar surface area (TPSA) is 126 Å². The fourth-order valence-corrected chi connectivity index (χ4v) is 6.12. The number of halogens is 2. The number of hydrogen-bond donors (Lipinski definition) is 4. The Morgan fingerprint density at radius 2 is 1.93 bits per heavy atom. The molecule has 0 spiro atoms. The Labute approximate surface area is 248 Å². The number of phenolic OH excluding ortho intramolecular Hbond substituents is 1. The van der Waals surface area contributed by atoms with Gasteiger partial charge in [-0.25, -0.2) is 13.8 Å². The van der Waals surface area contributed by atoms with Crippen LogP contribution in [0.4, 0.5) is 8.78 Å². The maximum absolute atomic E-state index is 16.9. The van der Waals surface area contributed by atoms with E-state index in [1.54, 1.807) is 19.9 Å². The van der Waals surface area contributed by atoms with Crippen molar-refractivity contribution in [2.45, 2.75) is 64.5 Å². The van der Waals surface area contributed by atoms with Gasteiger partial charge in [0.25, 0.3) is 0 Å². The summed E-state index contributed by atoms with van der Waals surface area (Å²) in [5, 5.41) is 26.6. The summed E-state index contributed by atoms with van der Waals surface area (Å²) in [5.41, 5.74) is 5.51. The summed E-state index contributed by atoms with van der Waals surface area (Å²) >= 11 is 0. The van der Waals surface area contributed by atoms with Crippen molar-refractivity contribution in [3.05, 3.63) is 52.9 Å². The molecule has 1 aliphatic carbocycles. The minimum atomic E-state index is -1.20. The third-order valence-electron chi connectivity index (χ3n) is 8.80. The number of nitrogens with two attached hydrogens (primary N) is 1. The van der Waals surface area contributed by atoms with Gasteiger partial charge in [-0.2, -0.15) is 9.97 Å².